The van der Waals surface area contributed by atoms with Crippen LogP contribution in [0.25, 0.3) is 0 Å². The Labute approximate surface area is 190 Å². The number of hydrogen-bond donors (Lipinski definition) is 2. The molecule has 0 unspecified atom stereocenters. The van der Waals surface area contributed by atoms with E-state index in [0.717, 1.165) is 38.3 Å². The predicted octanol–water partition coefficient (Wildman–Crippen LogP) is 5.75. The predicted molar refractivity (Wildman–Crippen MR) is 125 cm³/mol. The number of fused-ring (bicyclic) bond motifs is 5. The highest BCUT2D eigenvalue weighted by Crippen LogP contribution is 2.67. The van der Waals surface area contributed by atoms with E-state index < -0.39 is 5.97 Å². The summed E-state index contributed by atoms with van der Waals surface area (Å²) in [7, 11) is 0. The topological polar surface area (TPSA) is 58.6 Å². The molecule has 0 spiro atoms. The van der Waals surface area contributed by atoms with Crippen LogP contribution in [0, 0.1) is 46.3 Å². The molecule has 178 valence electrons. The first-order valence-corrected chi connectivity index (χ1v) is 13.3. The lowest BCUT2D eigenvalue weighted by Gasteiger charge is -2.63. The zero-order valence-electron chi connectivity index (χ0n) is 20.7. The van der Waals surface area contributed by atoms with Crippen LogP contribution in [0.15, 0.2) is 0 Å². The van der Waals surface area contributed by atoms with Gasteiger partial charge < -0.3 is 15.2 Å². The second kappa shape index (κ2) is 8.97. The van der Waals surface area contributed by atoms with Crippen LogP contribution in [0.3, 0.4) is 0 Å². The number of ether oxygens (including phenoxy) is 1. The quantitative estimate of drug-likeness (QED) is 0.537. The smallest absolute Gasteiger partial charge is 0.307 e. The van der Waals surface area contributed by atoms with Crippen molar-refractivity contribution in [1.29, 1.82) is 0 Å². The lowest BCUT2D eigenvalue weighted by atomic mass is 9.43. The molecule has 2 N–H and O–H groups in total. The maximum atomic E-state index is 12.2. The fourth-order valence-electron chi connectivity index (χ4n) is 8.95. The van der Waals surface area contributed by atoms with Crippen LogP contribution in [0.2, 0.25) is 0 Å². The summed E-state index contributed by atoms with van der Waals surface area (Å²) in [6, 6.07) is 0.460. The highest BCUT2D eigenvalue weighted by Gasteiger charge is 2.64. The molecular weight excluding hydrogens is 386 g/mol. The number of hydrogen-bond acceptors (Lipinski definition) is 3. The lowest BCUT2D eigenvalue weighted by Crippen LogP contribution is -2.62. The monoisotopic (exact) mass is 433 g/mol. The van der Waals surface area contributed by atoms with E-state index in [1.807, 2.05) is 0 Å². The molecule has 0 aromatic carbocycles. The normalized spacial score (nSPS) is 47.0. The van der Waals surface area contributed by atoms with E-state index in [4.69, 9.17) is 4.74 Å². The van der Waals surface area contributed by atoms with Crippen molar-refractivity contribution in [3.05, 3.63) is 0 Å². The van der Waals surface area contributed by atoms with Gasteiger partial charge in [-0.2, -0.15) is 0 Å². The molecule has 0 aromatic heterocycles. The summed E-state index contributed by atoms with van der Waals surface area (Å²) >= 11 is 0. The Morgan fingerprint density at radius 3 is 2.58 bits per heavy atom. The number of carboxylic acids is 1. The van der Waals surface area contributed by atoms with Gasteiger partial charge in [0.2, 0.25) is 0 Å². The highest BCUT2D eigenvalue weighted by atomic mass is 16.5. The molecule has 4 saturated carbocycles. The van der Waals surface area contributed by atoms with E-state index in [2.05, 4.69) is 39.9 Å². The van der Waals surface area contributed by atoms with Crippen molar-refractivity contribution in [2.24, 2.45) is 46.3 Å². The van der Waals surface area contributed by atoms with Gasteiger partial charge >= 0.3 is 5.97 Å². The molecule has 4 rings (SSSR count). The van der Waals surface area contributed by atoms with Gasteiger partial charge in [0.05, 0.1) is 12.0 Å². The summed E-state index contributed by atoms with van der Waals surface area (Å²) in [6.45, 7) is 13.5. The Morgan fingerprint density at radius 2 is 1.90 bits per heavy atom. The Kier molecular flexibility index (Phi) is 6.81. The molecule has 0 bridgehead atoms. The third kappa shape index (κ3) is 4.09. The van der Waals surface area contributed by atoms with Crippen molar-refractivity contribution < 1.29 is 14.6 Å². The average Bonchev–Trinajstić information content (AvgIpc) is 3.05. The summed E-state index contributed by atoms with van der Waals surface area (Å²) in [5.41, 5.74) is 0.322. The molecule has 31 heavy (non-hydrogen) atoms. The van der Waals surface area contributed by atoms with Crippen molar-refractivity contribution >= 4 is 5.97 Å². The molecule has 4 fully saturated rings. The minimum Gasteiger partial charge on any atom is -0.481 e. The summed E-state index contributed by atoms with van der Waals surface area (Å²) in [4.78, 5) is 12.2. The fraction of sp³-hybridized carbons (Fsp3) is 0.963. The summed E-state index contributed by atoms with van der Waals surface area (Å²) < 4.78 is 6.08. The number of aliphatic carboxylic acids is 1. The minimum absolute atomic E-state index is 0.0474. The average molecular weight is 434 g/mol. The molecule has 4 heteroatoms. The van der Waals surface area contributed by atoms with E-state index in [1.165, 1.54) is 38.5 Å². The molecule has 4 aliphatic rings. The van der Waals surface area contributed by atoms with E-state index >= 15 is 0 Å². The Bertz CT molecular complexity index is 650. The maximum Gasteiger partial charge on any atom is 0.307 e. The molecule has 0 radical (unpaired) electrons. The molecular formula is C27H47NO3. The Hall–Kier alpha value is -0.610. The molecule has 4 aliphatic carbocycles. The molecule has 0 amide bonds. The number of carbonyl (C=O) groups is 1. The van der Waals surface area contributed by atoms with Crippen molar-refractivity contribution in [1.82, 2.24) is 5.32 Å². The first-order valence-electron chi connectivity index (χ1n) is 13.3. The van der Waals surface area contributed by atoms with Gasteiger partial charge in [0, 0.05) is 12.6 Å². The Balaban J connectivity index is 1.62. The van der Waals surface area contributed by atoms with Crippen molar-refractivity contribution in [2.75, 3.05) is 13.2 Å². The summed E-state index contributed by atoms with van der Waals surface area (Å²) in [5.74, 6) is 2.70. The third-order valence-corrected chi connectivity index (χ3v) is 10.4. The number of nitrogens with one attached hydrogen (secondary N) is 1. The summed E-state index contributed by atoms with van der Waals surface area (Å²) in [6.07, 6.45) is 11.0. The summed E-state index contributed by atoms with van der Waals surface area (Å²) in [5, 5.41) is 14.1. The first kappa shape index (κ1) is 23.5. The first-order chi connectivity index (χ1) is 14.7. The largest absolute Gasteiger partial charge is 0.481 e. The van der Waals surface area contributed by atoms with Crippen LogP contribution in [0.5, 0.6) is 0 Å². The standard InChI is InChI=1S/C27H47NO3/c1-6-31-19-11-13-26(4)18(15-19)7-8-20-21-9-10-22(25(29)30)27(21,5)16-23(24(20)26)28-14-12-17(2)3/h17-24,28H,6-16H2,1-5H3,(H,29,30)/t18-,19+,20-,21-,22+,23+,24+,26-,27-/m0/s1. The van der Waals surface area contributed by atoms with Crippen LogP contribution in [-0.2, 0) is 9.53 Å². The molecule has 0 aromatic rings. The second-order valence-electron chi connectivity index (χ2n) is 12.3. The van der Waals surface area contributed by atoms with E-state index in [9.17, 15) is 9.90 Å². The Morgan fingerprint density at radius 1 is 1.13 bits per heavy atom. The van der Waals surface area contributed by atoms with Gasteiger partial charge in [0.25, 0.3) is 0 Å². The van der Waals surface area contributed by atoms with E-state index in [1.54, 1.807) is 0 Å². The number of carboxylic acid groups (broad SMARTS) is 1. The van der Waals surface area contributed by atoms with E-state index in [-0.39, 0.29) is 11.3 Å². The van der Waals surface area contributed by atoms with Crippen molar-refractivity contribution in [3.8, 4) is 0 Å². The molecule has 4 nitrogen and oxygen atoms in total. The third-order valence-electron chi connectivity index (χ3n) is 10.4. The maximum absolute atomic E-state index is 12.2. The van der Waals surface area contributed by atoms with Crippen molar-refractivity contribution in [3.63, 3.8) is 0 Å². The van der Waals surface area contributed by atoms with Gasteiger partial charge in [-0.3, -0.25) is 4.79 Å². The molecule has 9 atom stereocenters. The van der Waals surface area contributed by atoms with Crippen LogP contribution >= 0.6 is 0 Å². The van der Waals surface area contributed by atoms with Gasteiger partial charge in [0.15, 0.2) is 0 Å². The lowest BCUT2D eigenvalue weighted by molar-refractivity contribution is -0.161. The van der Waals surface area contributed by atoms with Gasteiger partial charge in [-0.15, -0.1) is 0 Å². The fourth-order valence-corrected chi connectivity index (χ4v) is 8.95. The minimum atomic E-state index is -0.554. The highest BCUT2D eigenvalue weighted by molar-refractivity contribution is 5.71. The second-order valence-corrected chi connectivity index (χ2v) is 12.3. The van der Waals surface area contributed by atoms with Crippen LogP contribution in [-0.4, -0.2) is 36.4 Å². The molecule has 0 saturated heterocycles. The van der Waals surface area contributed by atoms with Crippen molar-refractivity contribution in [2.45, 2.75) is 105 Å². The zero-order valence-corrected chi connectivity index (χ0v) is 20.7. The molecule has 0 aliphatic heterocycles. The van der Waals surface area contributed by atoms with Gasteiger partial charge in [-0.1, -0.05) is 27.7 Å². The van der Waals surface area contributed by atoms with Crippen LogP contribution < -0.4 is 5.32 Å². The van der Waals surface area contributed by atoms with Gasteiger partial charge in [-0.25, -0.2) is 0 Å². The van der Waals surface area contributed by atoms with Crippen LogP contribution in [0.4, 0.5) is 0 Å². The molecule has 0 heterocycles. The van der Waals surface area contributed by atoms with E-state index in [0.29, 0.717) is 41.2 Å². The SMILES string of the molecule is CCO[C@@H]1CC[C@@]2(C)[C@@H](CC[C@@H]3[C@@H]2[C@H](NCCC(C)C)C[C@]2(C)[C@@H](C(=O)O)CC[C@@H]32)C1. The van der Waals surface area contributed by atoms with Crippen LogP contribution in [0.1, 0.15) is 92.4 Å². The van der Waals surface area contributed by atoms with Gasteiger partial charge in [0.1, 0.15) is 0 Å². The number of rotatable bonds is 7. The van der Waals surface area contributed by atoms with Gasteiger partial charge in [-0.05, 0) is 112 Å². The zero-order chi connectivity index (χ0) is 22.4.